The van der Waals surface area contributed by atoms with Crippen LogP contribution in [0.1, 0.15) is 15.9 Å². The highest BCUT2D eigenvalue weighted by atomic mass is 19.1. The number of nitrogens with one attached hydrogen (secondary N) is 1. The van der Waals surface area contributed by atoms with Crippen LogP contribution in [-0.4, -0.2) is 5.91 Å². The summed E-state index contributed by atoms with van der Waals surface area (Å²) in [6.07, 6.45) is 0. The Hall–Kier alpha value is -3.21. The Balaban J connectivity index is 1.88. The van der Waals surface area contributed by atoms with Gasteiger partial charge in [0.1, 0.15) is 17.2 Å². The van der Waals surface area contributed by atoms with E-state index in [0.29, 0.717) is 12.2 Å². The van der Waals surface area contributed by atoms with Gasteiger partial charge in [-0.3, -0.25) is 15.2 Å². The smallest absolute Gasteiger partial charge is 0.275 e. The molecule has 3 nitrogen and oxygen atoms in total. The normalized spacial score (nSPS) is 10.3. The zero-order valence-corrected chi connectivity index (χ0v) is 13.3. The molecule has 0 aliphatic rings. The number of halogens is 2. The molecule has 0 saturated heterocycles. The Morgan fingerprint density at radius 3 is 1.96 bits per heavy atom. The summed E-state index contributed by atoms with van der Waals surface area (Å²) in [5, 5.41) is 1.56. The molecule has 0 saturated carbocycles. The maximum Gasteiger partial charge on any atom is 0.275 e. The maximum atomic E-state index is 13.9. The predicted molar refractivity (Wildman–Crippen MR) is 92.9 cm³/mol. The highest BCUT2D eigenvalue weighted by molar-refractivity contribution is 5.95. The Kier molecular flexibility index (Phi) is 5.04. The maximum absolute atomic E-state index is 13.9. The Labute approximate surface area is 144 Å². The second-order valence-electron chi connectivity index (χ2n) is 5.44. The largest absolute Gasteiger partial charge is 0.281 e. The van der Waals surface area contributed by atoms with Gasteiger partial charge in [-0.25, -0.2) is 8.78 Å². The predicted octanol–water partition coefficient (Wildman–Crippen LogP) is 4.32. The van der Waals surface area contributed by atoms with E-state index in [4.69, 9.17) is 0 Å². The molecular weight excluding hydrogens is 322 g/mol. The number of rotatable bonds is 5. The zero-order chi connectivity index (χ0) is 17.6. The molecule has 0 radical (unpaired) electrons. The van der Waals surface area contributed by atoms with E-state index in [0.717, 1.165) is 17.7 Å². The summed E-state index contributed by atoms with van der Waals surface area (Å²) in [4.78, 5) is 12.4. The van der Waals surface area contributed by atoms with Crippen molar-refractivity contribution in [3.63, 3.8) is 0 Å². The Bertz CT molecular complexity index is 834. The van der Waals surface area contributed by atoms with Crippen LogP contribution in [0.2, 0.25) is 0 Å². The second kappa shape index (κ2) is 7.57. The monoisotopic (exact) mass is 338 g/mol. The minimum Gasteiger partial charge on any atom is -0.281 e. The quantitative estimate of drug-likeness (QED) is 0.703. The van der Waals surface area contributed by atoms with Gasteiger partial charge >= 0.3 is 0 Å². The van der Waals surface area contributed by atoms with Crippen molar-refractivity contribution in [3.8, 4) is 0 Å². The fourth-order valence-electron chi connectivity index (χ4n) is 2.46. The van der Waals surface area contributed by atoms with Crippen molar-refractivity contribution in [1.82, 2.24) is 5.43 Å². The summed E-state index contributed by atoms with van der Waals surface area (Å²) in [6.45, 7) is 0.354. The van der Waals surface area contributed by atoms with E-state index in [1.165, 1.54) is 6.07 Å². The van der Waals surface area contributed by atoms with Crippen LogP contribution in [0.4, 0.5) is 14.5 Å². The lowest BCUT2D eigenvalue weighted by Gasteiger charge is -2.25. The number of anilines is 1. The molecule has 126 valence electrons. The number of hydrogen-bond acceptors (Lipinski definition) is 2. The summed E-state index contributed by atoms with van der Waals surface area (Å²) < 4.78 is 27.7. The molecule has 0 aliphatic carbocycles. The number of hydrazine groups is 1. The van der Waals surface area contributed by atoms with Crippen molar-refractivity contribution in [2.45, 2.75) is 6.54 Å². The van der Waals surface area contributed by atoms with Crippen LogP contribution in [0.15, 0.2) is 78.9 Å². The molecule has 3 aromatic carbocycles. The van der Waals surface area contributed by atoms with Gasteiger partial charge in [-0.2, -0.15) is 0 Å². The average Bonchev–Trinajstić information content (AvgIpc) is 2.63. The van der Waals surface area contributed by atoms with Gasteiger partial charge in [0, 0.05) is 0 Å². The molecule has 0 aliphatic heterocycles. The molecule has 0 bridgehead atoms. The minimum atomic E-state index is -0.898. The van der Waals surface area contributed by atoms with E-state index in [2.05, 4.69) is 5.43 Å². The van der Waals surface area contributed by atoms with Gasteiger partial charge in [-0.1, -0.05) is 54.6 Å². The molecule has 5 heteroatoms. The number of carbonyl (C=O) groups is 1. The third-order valence-electron chi connectivity index (χ3n) is 3.68. The first-order valence-electron chi connectivity index (χ1n) is 7.76. The molecule has 0 unspecified atom stereocenters. The molecule has 1 amide bonds. The lowest BCUT2D eigenvalue weighted by atomic mass is 10.2. The van der Waals surface area contributed by atoms with Crippen molar-refractivity contribution in [2.24, 2.45) is 0 Å². The van der Waals surface area contributed by atoms with Gasteiger partial charge < -0.3 is 0 Å². The molecule has 1 N–H and O–H groups in total. The van der Waals surface area contributed by atoms with Gasteiger partial charge in [0.2, 0.25) is 0 Å². The molecule has 0 atom stereocenters. The highest BCUT2D eigenvalue weighted by Crippen LogP contribution is 2.17. The van der Waals surface area contributed by atoms with Gasteiger partial charge in [0.25, 0.3) is 5.91 Å². The average molecular weight is 338 g/mol. The Morgan fingerprint density at radius 2 is 1.36 bits per heavy atom. The summed E-state index contributed by atoms with van der Waals surface area (Å²) in [5.41, 5.74) is 3.64. The van der Waals surface area contributed by atoms with Crippen LogP contribution in [-0.2, 0) is 6.54 Å². The number of nitrogens with zero attached hydrogens (tertiary/aromatic N) is 1. The third kappa shape index (κ3) is 4.01. The molecule has 0 heterocycles. The lowest BCUT2D eigenvalue weighted by Crippen LogP contribution is -2.42. The van der Waals surface area contributed by atoms with E-state index in [9.17, 15) is 13.6 Å². The van der Waals surface area contributed by atoms with Gasteiger partial charge in [0.05, 0.1) is 12.2 Å². The van der Waals surface area contributed by atoms with E-state index in [-0.39, 0.29) is 0 Å². The summed E-state index contributed by atoms with van der Waals surface area (Å²) in [5.74, 6) is -2.63. The van der Waals surface area contributed by atoms with Crippen LogP contribution in [0.3, 0.4) is 0 Å². The second-order valence-corrected chi connectivity index (χ2v) is 5.44. The van der Waals surface area contributed by atoms with E-state index < -0.39 is 23.1 Å². The van der Waals surface area contributed by atoms with Crippen LogP contribution in [0.25, 0.3) is 0 Å². The molecule has 0 aromatic heterocycles. The fraction of sp³-hybridized carbons (Fsp3) is 0.0500. The van der Waals surface area contributed by atoms with E-state index in [1.54, 1.807) is 17.1 Å². The van der Waals surface area contributed by atoms with Crippen molar-refractivity contribution < 1.29 is 13.6 Å². The minimum absolute atomic E-state index is 0.354. The first kappa shape index (κ1) is 16.6. The van der Waals surface area contributed by atoms with Crippen LogP contribution in [0, 0.1) is 11.6 Å². The van der Waals surface area contributed by atoms with Gasteiger partial charge in [-0.05, 0) is 29.8 Å². The van der Waals surface area contributed by atoms with Gasteiger partial charge in [0.15, 0.2) is 0 Å². The first-order chi connectivity index (χ1) is 12.1. The summed E-state index contributed by atoms with van der Waals surface area (Å²) in [6, 6.07) is 21.9. The number of hydrogen-bond donors (Lipinski definition) is 1. The van der Waals surface area contributed by atoms with E-state index >= 15 is 0 Å². The Morgan fingerprint density at radius 1 is 0.800 bits per heavy atom. The van der Waals surface area contributed by atoms with Crippen molar-refractivity contribution >= 4 is 11.6 Å². The standard InChI is InChI=1S/C20H16F2N2O/c21-17-12-7-13-18(22)19(17)20(25)23-24(16-10-5-2-6-11-16)14-15-8-3-1-4-9-15/h1-13H,14H2,(H,23,25). The number of amides is 1. The topological polar surface area (TPSA) is 32.3 Å². The van der Waals surface area contributed by atoms with Crippen LogP contribution in [0.5, 0.6) is 0 Å². The van der Waals surface area contributed by atoms with Crippen molar-refractivity contribution in [3.05, 3.63) is 102 Å². The first-order valence-corrected chi connectivity index (χ1v) is 7.76. The van der Waals surface area contributed by atoms with E-state index in [1.807, 2.05) is 48.5 Å². The third-order valence-corrected chi connectivity index (χ3v) is 3.68. The fourth-order valence-corrected chi connectivity index (χ4v) is 2.46. The lowest BCUT2D eigenvalue weighted by molar-refractivity contribution is 0.0939. The van der Waals surface area contributed by atoms with Crippen LogP contribution < -0.4 is 10.4 Å². The number of para-hydroxylation sites is 1. The molecule has 3 aromatic rings. The van der Waals surface area contributed by atoms with Crippen LogP contribution >= 0.6 is 0 Å². The number of benzene rings is 3. The SMILES string of the molecule is O=C(NN(Cc1ccccc1)c1ccccc1)c1c(F)cccc1F. The molecule has 0 spiro atoms. The van der Waals surface area contributed by atoms with Crippen molar-refractivity contribution in [2.75, 3.05) is 5.01 Å². The molecule has 25 heavy (non-hydrogen) atoms. The highest BCUT2D eigenvalue weighted by Gasteiger charge is 2.19. The summed E-state index contributed by atoms with van der Waals surface area (Å²) in [7, 11) is 0. The van der Waals surface area contributed by atoms with Gasteiger partial charge in [-0.15, -0.1) is 0 Å². The molecular formula is C20H16F2N2O. The number of carbonyl (C=O) groups excluding carboxylic acids is 1. The van der Waals surface area contributed by atoms with Crippen molar-refractivity contribution in [1.29, 1.82) is 0 Å². The molecule has 0 fully saturated rings. The summed E-state index contributed by atoms with van der Waals surface area (Å²) >= 11 is 0. The zero-order valence-electron chi connectivity index (χ0n) is 13.3. The molecule has 3 rings (SSSR count).